The third kappa shape index (κ3) is 2.18. The molecule has 1 aliphatic heterocycles. The second kappa shape index (κ2) is 4.57. The Morgan fingerprint density at radius 3 is 2.72 bits per heavy atom. The lowest BCUT2D eigenvalue weighted by Gasteiger charge is -2.47. The van der Waals surface area contributed by atoms with E-state index < -0.39 is 5.82 Å². The van der Waals surface area contributed by atoms with Gasteiger partial charge in [-0.25, -0.2) is 4.39 Å². The Bertz CT molecular complexity index is 470. The maximum absolute atomic E-state index is 13.7. The number of nitrogens with two attached hydrogens (primary N) is 1. The largest absolute Gasteiger partial charge is 0.497 e. The van der Waals surface area contributed by atoms with Gasteiger partial charge in [0.05, 0.1) is 18.2 Å². The Hall–Kier alpha value is -1.62. The molecule has 0 atom stereocenters. The van der Waals surface area contributed by atoms with Gasteiger partial charge in [0.2, 0.25) is 0 Å². The molecule has 0 saturated carbocycles. The SMILES string of the molecule is CCC1(N)CN(C(=O)c2ccc(OC)cc2F)C1. The third-order valence-corrected chi connectivity index (χ3v) is 3.41. The summed E-state index contributed by atoms with van der Waals surface area (Å²) in [7, 11) is 1.45. The number of methoxy groups -OCH3 is 1. The van der Waals surface area contributed by atoms with E-state index in [0.29, 0.717) is 18.8 Å². The maximum Gasteiger partial charge on any atom is 0.256 e. The summed E-state index contributed by atoms with van der Waals surface area (Å²) in [6, 6.07) is 4.23. The quantitative estimate of drug-likeness (QED) is 0.884. The van der Waals surface area contributed by atoms with Crippen LogP contribution in [0.1, 0.15) is 23.7 Å². The van der Waals surface area contributed by atoms with E-state index >= 15 is 0 Å². The fourth-order valence-electron chi connectivity index (χ4n) is 2.05. The molecule has 0 radical (unpaired) electrons. The van der Waals surface area contributed by atoms with Crippen LogP contribution in [0.3, 0.4) is 0 Å². The minimum Gasteiger partial charge on any atom is -0.497 e. The molecule has 1 aromatic carbocycles. The van der Waals surface area contributed by atoms with Gasteiger partial charge in [-0.3, -0.25) is 4.79 Å². The van der Waals surface area contributed by atoms with Gasteiger partial charge in [-0.05, 0) is 18.6 Å². The molecule has 1 aliphatic rings. The standard InChI is InChI=1S/C13H17FN2O2/c1-3-13(15)7-16(8-13)12(17)10-5-4-9(18-2)6-11(10)14/h4-6H,3,7-8,15H2,1-2H3. The van der Waals surface area contributed by atoms with Crippen molar-refractivity contribution < 1.29 is 13.9 Å². The molecule has 1 heterocycles. The van der Waals surface area contributed by atoms with Gasteiger partial charge in [0, 0.05) is 19.2 Å². The fourth-order valence-corrected chi connectivity index (χ4v) is 2.05. The molecule has 4 nitrogen and oxygen atoms in total. The van der Waals surface area contributed by atoms with Gasteiger partial charge in [0.15, 0.2) is 0 Å². The van der Waals surface area contributed by atoms with Gasteiger partial charge in [0.1, 0.15) is 11.6 Å². The van der Waals surface area contributed by atoms with E-state index in [1.807, 2.05) is 6.92 Å². The van der Waals surface area contributed by atoms with Gasteiger partial charge >= 0.3 is 0 Å². The Kier molecular flexibility index (Phi) is 3.26. The van der Waals surface area contributed by atoms with Crippen molar-refractivity contribution in [1.82, 2.24) is 4.90 Å². The molecule has 1 aromatic rings. The number of carbonyl (C=O) groups excluding carboxylic acids is 1. The van der Waals surface area contributed by atoms with Gasteiger partial charge < -0.3 is 15.4 Å². The van der Waals surface area contributed by atoms with Crippen LogP contribution in [-0.4, -0.2) is 36.5 Å². The fraction of sp³-hybridized carbons (Fsp3) is 0.462. The summed E-state index contributed by atoms with van der Waals surface area (Å²) in [5.74, 6) is -0.482. The zero-order valence-corrected chi connectivity index (χ0v) is 10.6. The van der Waals surface area contributed by atoms with Crippen LogP contribution in [0.15, 0.2) is 18.2 Å². The number of hydrogen-bond donors (Lipinski definition) is 1. The Balaban J connectivity index is 2.11. The number of carbonyl (C=O) groups is 1. The van der Waals surface area contributed by atoms with Crippen molar-refractivity contribution in [2.24, 2.45) is 5.73 Å². The molecule has 2 N–H and O–H groups in total. The van der Waals surface area contributed by atoms with E-state index in [-0.39, 0.29) is 17.0 Å². The molecule has 5 heteroatoms. The molecular formula is C13H17FN2O2. The van der Waals surface area contributed by atoms with Crippen LogP contribution in [-0.2, 0) is 0 Å². The third-order valence-electron chi connectivity index (χ3n) is 3.41. The molecule has 1 saturated heterocycles. The van der Waals surface area contributed by atoms with E-state index in [0.717, 1.165) is 6.42 Å². The van der Waals surface area contributed by atoms with Gasteiger partial charge in [0.25, 0.3) is 5.91 Å². The lowest BCUT2D eigenvalue weighted by Crippen LogP contribution is -2.68. The summed E-state index contributed by atoms with van der Waals surface area (Å²) in [6.45, 7) is 2.94. The molecule has 2 rings (SSSR count). The van der Waals surface area contributed by atoms with E-state index in [1.165, 1.54) is 19.2 Å². The van der Waals surface area contributed by atoms with Gasteiger partial charge in [-0.2, -0.15) is 0 Å². The Morgan fingerprint density at radius 2 is 2.22 bits per heavy atom. The number of nitrogens with zero attached hydrogens (tertiary/aromatic N) is 1. The minimum atomic E-state index is -0.564. The van der Waals surface area contributed by atoms with Crippen LogP contribution in [0.2, 0.25) is 0 Å². The van der Waals surface area contributed by atoms with Crippen LogP contribution >= 0.6 is 0 Å². The second-order valence-corrected chi connectivity index (χ2v) is 4.72. The molecule has 0 aliphatic carbocycles. The number of likely N-dealkylation sites (tertiary alicyclic amines) is 1. The lowest BCUT2D eigenvalue weighted by atomic mass is 9.88. The number of ether oxygens (including phenoxy) is 1. The number of amides is 1. The highest BCUT2D eigenvalue weighted by Crippen LogP contribution is 2.25. The normalized spacial score (nSPS) is 17.2. The molecule has 18 heavy (non-hydrogen) atoms. The molecule has 1 amide bonds. The zero-order valence-electron chi connectivity index (χ0n) is 10.6. The highest BCUT2D eigenvalue weighted by molar-refractivity contribution is 5.95. The van der Waals surface area contributed by atoms with Crippen LogP contribution in [0.4, 0.5) is 4.39 Å². The summed E-state index contributed by atoms with van der Waals surface area (Å²) < 4.78 is 18.6. The highest BCUT2D eigenvalue weighted by atomic mass is 19.1. The zero-order chi connectivity index (χ0) is 13.3. The van der Waals surface area contributed by atoms with Crippen LogP contribution < -0.4 is 10.5 Å². The van der Waals surface area contributed by atoms with Crippen molar-refractivity contribution in [3.05, 3.63) is 29.6 Å². The number of benzene rings is 1. The van der Waals surface area contributed by atoms with Crippen molar-refractivity contribution in [3.63, 3.8) is 0 Å². The number of hydrogen-bond acceptors (Lipinski definition) is 3. The van der Waals surface area contributed by atoms with Crippen molar-refractivity contribution in [2.45, 2.75) is 18.9 Å². The van der Waals surface area contributed by atoms with E-state index in [2.05, 4.69) is 0 Å². The summed E-state index contributed by atoms with van der Waals surface area (Å²) in [5.41, 5.74) is 5.74. The van der Waals surface area contributed by atoms with Crippen molar-refractivity contribution >= 4 is 5.91 Å². The topological polar surface area (TPSA) is 55.6 Å². The molecule has 1 fully saturated rings. The van der Waals surface area contributed by atoms with E-state index in [4.69, 9.17) is 10.5 Å². The monoisotopic (exact) mass is 252 g/mol. The van der Waals surface area contributed by atoms with E-state index in [9.17, 15) is 9.18 Å². The maximum atomic E-state index is 13.7. The van der Waals surface area contributed by atoms with Crippen molar-refractivity contribution in [1.29, 1.82) is 0 Å². The van der Waals surface area contributed by atoms with Crippen molar-refractivity contribution in [2.75, 3.05) is 20.2 Å². The van der Waals surface area contributed by atoms with Crippen LogP contribution in [0.5, 0.6) is 5.75 Å². The smallest absolute Gasteiger partial charge is 0.256 e. The van der Waals surface area contributed by atoms with Gasteiger partial charge in [-0.15, -0.1) is 0 Å². The molecule has 0 spiro atoms. The Morgan fingerprint density at radius 1 is 1.56 bits per heavy atom. The summed E-state index contributed by atoms with van der Waals surface area (Å²) >= 11 is 0. The number of halogens is 1. The molecule has 98 valence electrons. The predicted octanol–water partition coefficient (Wildman–Crippen LogP) is 1.40. The highest BCUT2D eigenvalue weighted by Gasteiger charge is 2.41. The lowest BCUT2D eigenvalue weighted by molar-refractivity contribution is 0.0397. The molecule has 0 unspecified atom stereocenters. The summed E-state index contributed by atoms with van der Waals surface area (Å²) in [4.78, 5) is 13.6. The van der Waals surface area contributed by atoms with Crippen molar-refractivity contribution in [3.8, 4) is 5.75 Å². The first-order valence-electron chi connectivity index (χ1n) is 5.91. The Labute approximate surface area is 106 Å². The average molecular weight is 252 g/mol. The first-order valence-corrected chi connectivity index (χ1v) is 5.91. The molecule has 0 bridgehead atoms. The second-order valence-electron chi connectivity index (χ2n) is 4.72. The van der Waals surface area contributed by atoms with Crippen LogP contribution in [0.25, 0.3) is 0 Å². The van der Waals surface area contributed by atoms with E-state index in [1.54, 1.807) is 11.0 Å². The average Bonchev–Trinajstić information content (AvgIpc) is 2.34. The molecular weight excluding hydrogens is 235 g/mol. The molecule has 0 aromatic heterocycles. The first-order chi connectivity index (χ1) is 8.49. The van der Waals surface area contributed by atoms with Crippen LogP contribution in [0, 0.1) is 5.82 Å². The predicted molar refractivity (Wildman–Crippen MR) is 66.1 cm³/mol. The van der Waals surface area contributed by atoms with Gasteiger partial charge in [-0.1, -0.05) is 6.92 Å². The minimum absolute atomic E-state index is 0.0638. The first kappa shape index (κ1) is 12.8. The summed E-state index contributed by atoms with van der Waals surface area (Å²) in [6.07, 6.45) is 0.807. The summed E-state index contributed by atoms with van der Waals surface area (Å²) in [5, 5.41) is 0. The number of rotatable bonds is 3.